The molecule has 2 aromatic rings. The Balaban J connectivity index is 2.42. The van der Waals surface area contributed by atoms with Gasteiger partial charge in [0.2, 0.25) is 0 Å². The fourth-order valence-corrected chi connectivity index (χ4v) is 2.38. The quantitative estimate of drug-likeness (QED) is 0.917. The zero-order valence-electron chi connectivity index (χ0n) is 10.2. The first kappa shape index (κ1) is 13.0. The van der Waals surface area contributed by atoms with E-state index in [-0.39, 0.29) is 0 Å². The van der Waals surface area contributed by atoms with Gasteiger partial charge >= 0.3 is 0 Å². The number of pyridine rings is 1. The van der Waals surface area contributed by atoms with Crippen LogP contribution in [-0.4, -0.2) is 30.0 Å². The van der Waals surface area contributed by atoms with Crippen molar-refractivity contribution >= 4 is 20.7 Å². The van der Waals surface area contributed by atoms with Crippen molar-refractivity contribution in [2.45, 2.75) is 18.3 Å². The highest BCUT2D eigenvalue weighted by molar-refractivity contribution is 7.91. The summed E-state index contributed by atoms with van der Waals surface area (Å²) < 4.78 is 22.9. The Morgan fingerprint density at radius 1 is 1.28 bits per heavy atom. The summed E-state index contributed by atoms with van der Waals surface area (Å²) in [7, 11) is -3.28. The van der Waals surface area contributed by atoms with Crippen molar-refractivity contribution in [1.82, 2.24) is 4.98 Å². The minimum atomic E-state index is -3.28. The number of para-hydroxylation sites is 1. The van der Waals surface area contributed by atoms with Crippen LogP contribution in [0.3, 0.4) is 0 Å². The van der Waals surface area contributed by atoms with Gasteiger partial charge in [0.05, 0.1) is 16.9 Å². The number of nitrogens with zero attached hydrogens (tertiary/aromatic N) is 1. The first-order valence-electron chi connectivity index (χ1n) is 5.61. The number of aromatic nitrogens is 1. The Bertz CT molecular complexity index is 667. The van der Waals surface area contributed by atoms with Gasteiger partial charge in [-0.3, -0.25) is 4.98 Å². The second kappa shape index (κ2) is 4.66. The standard InChI is InChI=1S/C13H15NO3S/c1-9(18(2,16)17)13(15)11-7-10-5-3-4-6-12(10)14-8-11/h3-9,13,15H,1-2H3. The van der Waals surface area contributed by atoms with Gasteiger partial charge in [-0.1, -0.05) is 18.2 Å². The predicted octanol–water partition coefficient (Wildman–Crippen LogP) is 1.70. The van der Waals surface area contributed by atoms with Crippen LogP contribution in [0, 0.1) is 0 Å². The van der Waals surface area contributed by atoms with Crippen LogP contribution in [0.15, 0.2) is 36.5 Å². The van der Waals surface area contributed by atoms with E-state index >= 15 is 0 Å². The average Bonchev–Trinajstić information content (AvgIpc) is 2.35. The van der Waals surface area contributed by atoms with Gasteiger partial charge in [-0.05, 0) is 19.1 Å². The van der Waals surface area contributed by atoms with Crippen LogP contribution in [0.1, 0.15) is 18.6 Å². The van der Waals surface area contributed by atoms with E-state index in [4.69, 9.17) is 0 Å². The fraction of sp³-hybridized carbons (Fsp3) is 0.308. The molecule has 0 saturated carbocycles. The molecule has 0 amide bonds. The molecule has 2 rings (SSSR count). The van der Waals surface area contributed by atoms with Gasteiger partial charge in [0, 0.05) is 23.4 Å². The van der Waals surface area contributed by atoms with Gasteiger partial charge < -0.3 is 5.11 Å². The molecule has 0 spiro atoms. The molecule has 0 radical (unpaired) electrons. The molecule has 0 saturated heterocycles. The first-order chi connectivity index (χ1) is 8.39. The lowest BCUT2D eigenvalue weighted by atomic mass is 10.1. The SMILES string of the molecule is CC(C(O)c1cnc2ccccc2c1)S(C)(=O)=O. The number of sulfone groups is 1. The molecule has 1 aromatic carbocycles. The Morgan fingerprint density at radius 2 is 1.94 bits per heavy atom. The molecule has 0 fully saturated rings. The summed E-state index contributed by atoms with van der Waals surface area (Å²) in [5.41, 5.74) is 1.34. The van der Waals surface area contributed by atoms with Crippen LogP contribution in [0.25, 0.3) is 10.9 Å². The molecule has 2 unspecified atom stereocenters. The molecule has 0 aliphatic rings. The summed E-state index contributed by atoms with van der Waals surface area (Å²) in [6.45, 7) is 1.50. The molecule has 1 N–H and O–H groups in total. The van der Waals surface area contributed by atoms with Crippen molar-refractivity contribution in [2.24, 2.45) is 0 Å². The Labute approximate surface area is 106 Å². The molecular formula is C13H15NO3S. The van der Waals surface area contributed by atoms with Gasteiger partial charge in [-0.25, -0.2) is 8.42 Å². The minimum Gasteiger partial charge on any atom is -0.387 e. The van der Waals surface area contributed by atoms with E-state index < -0.39 is 21.2 Å². The first-order valence-corrected chi connectivity index (χ1v) is 7.56. The Morgan fingerprint density at radius 3 is 2.61 bits per heavy atom. The molecule has 2 atom stereocenters. The van der Waals surface area contributed by atoms with E-state index in [1.807, 2.05) is 24.3 Å². The van der Waals surface area contributed by atoms with Crippen LogP contribution in [0.5, 0.6) is 0 Å². The molecule has 0 aliphatic carbocycles. The molecule has 1 heterocycles. The number of rotatable bonds is 3. The van der Waals surface area contributed by atoms with Gasteiger partial charge in [-0.15, -0.1) is 0 Å². The lowest BCUT2D eigenvalue weighted by molar-refractivity contribution is 0.176. The summed E-state index contributed by atoms with van der Waals surface area (Å²) in [4.78, 5) is 4.21. The molecular weight excluding hydrogens is 250 g/mol. The summed E-state index contributed by atoms with van der Waals surface area (Å²) >= 11 is 0. The van der Waals surface area contributed by atoms with Gasteiger partial charge in [-0.2, -0.15) is 0 Å². The van der Waals surface area contributed by atoms with Crippen molar-refractivity contribution < 1.29 is 13.5 Å². The van der Waals surface area contributed by atoms with Gasteiger partial charge in [0.15, 0.2) is 9.84 Å². The Kier molecular flexibility index (Phi) is 3.36. The Hall–Kier alpha value is -1.46. The van der Waals surface area contributed by atoms with E-state index in [9.17, 15) is 13.5 Å². The third-order valence-corrected chi connectivity index (χ3v) is 4.68. The van der Waals surface area contributed by atoms with Crippen LogP contribution >= 0.6 is 0 Å². The molecule has 18 heavy (non-hydrogen) atoms. The summed E-state index contributed by atoms with van der Waals surface area (Å²) in [6.07, 6.45) is 1.58. The molecule has 0 bridgehead atoms. The van der Waals surface area contributed by atoms with E-state index in [1.54, 1.807) is 6.07 Å². The maximum Gasteiger partial charge on any atom is 0.152 e. The molecule has 1 aromatic heterocycles. The number of aliphatic hydroxyl groups excluding tert-OH is 1. The predicted molar refractivity (Wildman–Crippen MR) is 71.0 cm³/mol. The summed E-state index contributed by atoms with van der Waals surface area (Å²) in [5, 5.41) is 10.1. The van der Waals surface area contributed by atoms with Crippen molar-refractivity contribution in [3.8, 4) is 0 Å². The average molecular weight is 265 g/mol. The number of benzene rings is 1. The molecule has 5 heteroatoms. The van der Waals surface area contributed by atoms with Crippen LogP contribution in [0.4, 0.5) is 0 Å². The van der Waals surface area contributed by atoms with E-state index in [0.717, 1.165) is 17.2 Å². The zero-order valence-corrected chi connectivity index (χ0v) is 11.1. The van der Waals surface area contributed by atoms with E-state index in [2.05, 4.69) is 4.98 Å². The number of hydrogen-bond donors (Lipinski definition) is 1. The third kappa shape index (κ3) is 2.52. The smallest absolute Gasteiger partial charge is 0.152 e. The summed E-state index contributed by atoms with van der Waals surface area (Å²) in [6, 6.07) is 9.27. The fourth-order valence-electron chi connectivity index (χ4n) is 1.75. The zero-order chi connectivity index (χ0) is 13.3. The summed E-state index contributed by atoms with van der Waals surface area (Å²) in [5.74, 6) is 0. The molecule has 96 valence electrons. The van der Waals surface area contributed by atoms with Crippen molar-refractivity contribution in [3.63, 3.8) is 0 Å². The monoisotopic (exact) mass is 265 g/mol. The molecule has 0 aliphatic heterocycles. The van der Waals surface area contributed by atoms with Crippen LogP contribution < -0.4 is 0 Å². The van der Waals surface area contributed by atoms with E-state index in [1.165, 1.54) is 13.1 Å². The minimum absolute atomic E-state index is 0.520. The highest BCUT2D eigenvalue weighted by atomic mass is 32.2. The second-order valence-corrected chi connectivity index (χ2v) is 6.84. The van der Waals surface area contributed by atoms with Crippen molar-refractivity contribution in [1.29, 1.82) is 0 Å². The maximum absolute atomic E-state index is 11.4. The number of aliphatic hydroxyl groups is 1. The van der Waals surface area contributed by atoms with Crippen LogP contribution in [0.2, 0.25) is 0 Å². The lowest BCUT2D eigenvalue weighted by Crippen LogP contribution is -2.24. The number of fused-ring (bicyclic) bond motifs is 1. The number of hydrogen-bond acceptors (Lipinski definition) is 4. The third-order valence-electron chi connectivity index (χ3n) is 3.07. The lowest BCUT2D eigenvalue weighted by Gasteiger charge is -2.17. The van der Waals surface area contributed by atoms with Gasteiger partial charge in [0.1, 0.15) is 0 Å². The highest BCUT2D eigenvalue weighted by Crippen LogP contribution is 2.23. The highest BCUT2D eigenvalue weighted by Gasteiger charge is 2.25. The van der Waals surface area contributed by atoms with Crippen LogP contribution in [-0.2, 0) is 9.84 Å². The topological polar surface area (TPSA) is 67.3 Å². The maximum atomic E-state index is 11.4. The van der Waals surface area contributed by atoms with Crippen molar-refractivity contribution in [2.75, 3.05) is 6.26 Å². The van der Waals surface area contributed by atoms with Gasteiger partial charge in [0.25, 0.3) is 0 Å². The second-order valence-electron chi connectivity index (χ2n) is 4.44. The van der Waals surface area contributed by atoms with Crippen molar-refractivity contribution in [3.05, 3.63) is 42.1 Å². The molecule has 4 nitrogen and oxygen atoms in total. The van der Waals surface area contributed by atoms with E-state index in [0.29, 0.717) is 5.56 Å². The largest absolute Gasteiger partial charge is 0.387 e. The normalized spacial score (nSPS) is 15.5.